The van der Waals surface area contributed by atoms with E-state index in [1.165, 1.54) is 11.3 Å². The lowest BCUT2D eigenvalue weighted by atomic mass is 9.85. The largest absolute Gasteiger partial charge is 0.481 e. The summed E-state index contributed by atoms with van der Waals surface area (Å²) in [4.78, 5) is 26.9. The maximum atomic E-state index is 12.0. The molecule has 5 nitrogen and oxygen atoms in total. The van der Waals surface area contributed by atoms with Gasteiger partial charge in [0, 0.05) is 18.0 Å². The molecule has 1 aromatic rings. The van der Waals surface area contributed by atoms with Crippen molar-refractivity contribution in [1.29, 1.82) is 0 Å². The van der Waals surface area contributed by atoms with Gasteiger partial charge >= 0.3 is 5.97 Å². The molecule has 0 radical (unpaired) electrons. The molecule has 1 amide bonds. The third-order valence-electron chi connectivity index (χ3n) is 2.76. The second-order valence-electron chi connectivity index (χ2n) is 5.31. The Bertz CT molecular complexity index is 429. The summed E-state index contributed by atoms with van der Waals surface area (Å²) in [5.74, 6) is -1.02. The van der Waals surface area contributed by atoms with Crippen LogP contribution in [0.1, 0.15) is 51.1 Å². The number of carboxylic acid groups (broad SMARTS) is 1. The molecule has 0 fully saturated rings. The van der Waals surface area contributed by atoms with Crippen molar-refractivity contribution < 1.29 is 14.7 Å². The number of carbonyl (C=O) groups excluding carboxylic acids is 1. The summed E-state index contributed by atoms with van der Waals surface area (Å²) < 4.78 is 0. The molecule has 1 atom stereocenters. The van der Waals surface area contributed by atoms with E-state index in [9.17, 15) is 9.59 Å². The van der Waals surface area contributed by atoms with E-state index < -0.39 is 11.4 Å². The number of thiazole rings is 1. The first-order chi connectivity index (χ1) is 8.84. The molecule has 0 aliphatic carbocycles. The molecule has 0 saturated heterocycles. The summed E-state index contributed by atoms with van der Waals surface area (Å²) in [6, 6.07) is -0.0897. The molecule has 19 heavy (non-hydrogen) atoms. The fraction of sp³-hybridized carbons (Fsp3) is 0.615. The lowest BCUT2D eigenvalue weighted by molar-refractivity contribution is -0.139. The summed E-state index contributed by atoms with van der Waals surface area (Å²) >= 11 is 1.51. The number of carbonyl (C=O) groups is 2. The van der Waals surface area contributed by atoms with Gasteiger partial charge in [0.25, 0.3) is 0 Å². The van der Waals surface area contributed by atoms with Crippen LogP contribution < -0.4 is 5.32 Å². The number of hydrogen-bond acceptors (Lipinski definition) is 4. The molecule has 1 rings (SSSR count). The molecule has 0 saturated carbocycles. The number of aromatic nitrogens is 1. The number of rotatable bonds is 7. The van der Waals surface area contributed by atoms with E-state index in [4.69, 9.17) is 5.11 Å². The van der Waals surface area contributed by atoms with Crippen LogP contribution in [0.25, 0.3) is 0 Å². The normalized spacial score (nSPS) is 13.0. The van der Waals surface area contributed by atoms with E-state index >= 15 is 0 Å². The number of nitrogens with zero attached hydrogens (tertiary/aromatic N) is 1. The Morgan fingerprint density at radius 2 is 2.16 bits per heavy atom. The van der Waals surface area contributed by atoms with Crippen LogP contribution in [-0.4, -0.2) is 22.0 Å². The molecular formula is C13H20N2O3S. The highest BCUT2D eigenvalue weighted by atomic mass is 32.1. The van der Waals surface area contributed by atoms with Gasteiger partial charge in [-0.1, -0.05) is 20.8 Å². The van der Waals surface area contributed by atoms with Gasteiger partial charge in [0.1, 0.15) is 5.01 Å². The highest BCUT2D eigenvalue weighted by molar-refractivity contribution is 7.09. The predicted molar refractivity (Wildman–Crippen MR) is 73.9 cm³/mol. The minimum Gasteiger partial charge on any atom is -0.481 e. The van der Waals surface area contributed by atoms with Gasteiger partial charge in [-0.2, -0.15) is 0 Å². The Labute approximate surface area is 117 Å². The third kappa shape index (κ3) is 5.38. The van der Waals surface area contributed by atoms with Crippen LogP contribution in [0.4, 0.5) is 0 Å². The van der Waals surface area contributed by atoms with Gasteiger partial charge in [0.05, 0.1) is 12.5 Å². The van der Waals surface area contributed by atoms with E-state index in [-0.39, 0.29) is 24.8 Å². The summed E-state index contributed by atoms with van der Waals surface area (Å²) in [5.41, 5.74) is -0.545. The molecule has 0 aliphatic rings. The number of nitrogens with one attached hydrogen (secondary N) is 1. The SMILES string of the molecule is CCC(NC(=O)CC(C)(C)CC(=O)O)c1nccs1. The molecule has 1 aromatic heterocycles. The second kappa shape index (κ2) is 6.65. The van der Waals surface area contributed by atoms with Gasteiger partial charge in [-0.3, -0.25) is 9.59 Å². The van der Waals surface area contributed by atoms with Gasteiger partial charge in [-0.15, -0.1) is 11.3 Å². The van der Waals surface area contributed by atoms with Crippen LogP contribution in [0.2, 0.25) is 0 Å². The molecule has 6 heteroatoms. The molecule has 0 bridgehead atoms. The molecule has 0 aromatic carbocycles. The number of hydrogen-bond donors (Lipinski definition) is 2. The first kappa shape index (κ1) is 15.6. The lowest BCUT2D eigenvalue weighted by Crippen LogP contribution is -2.32. The van der Waals surface area contributed by atoms with Crippen LogP contribution in [0.5, 0.6) is 0 Å². The van der Waals surface area contributed by atoms with E-state index in [1.54, 1.807) is 20.0 Å². The van der Waals surface area contributed by atoms with Gasteiger partial charge < -0.3 is 10.4 Å². The second-order valence-corrected chi connectivity index (χ2v) is 6.24. The van der Waals surface area contributed by atoms with E-state index in [1.807, 2.05) is 12.3 Å². The summed E-state index contributed by atoms with van der Waals surface area (Å²) in [6.07, 6.45) is 2.65. The van der Waals surface area contributed by atoms with Crippen LogP contribution >= 0.6 is 11.3 Å². The zero-order valence-corrected chi connectivity index (χ0v) is 12.3. The summed E-state index contributed by atoms with van der Waals surface area (Å²) in [7, 11) is 0. The van der Waals surface area contributed by atoms with Crippen LogP contribution in [0, 0.1) is 5.41 Å². The average Bonchev–Trinajstić information content (AvgIpc) is 2.76. The van der Waals surface area contributed by atoms with Crippen LogP contribution in [0.3, 0.4) is 0 Å². The van der Waals surface area contributed by atoms with Gasteiger partial charge in [-0.05, 0) is 11.8 Å². The number of aliphatic carboxylic acids is 1. The van der Waals surface area contributed by atoms with Crippen molar-refractivity contribution in [2.75, 3.05) is 0 Å². The Morgan fingerprint density at radius 1 is 1.47 bits per heavy atom. The monoisotopic (exact) mass is 284 g/mol. The van der Waals surface area contributed by atoms with Crippen molar-refractivity contribution in [1.82, 2.24) is 10.3 Å². The predicted octanol–water partition coefficient (Wildman–Crippen LogP) is 2.60. The van der Waals surface area contributed by atoms with Crippen molar-refractivity contribution in [3.05, 3.63) is 16.6 Å². The smallest absolute Gasteiger partial charge is 0.303 e. The zero-order chi connectivity index (χ0) is 14.5. The summed E-state index contributed by atoms with van der Waals surface area (Å²) in [5, 5.41) is 14.5. The first-order valence-corrected chi connectivity index (χ1v) is 7.12. The Hall–Kier alpha value is -1.43. The molecule has 106 valence electrons. The first-order valence-electron chi connectivity index (χ1n) is 6.24. The topological polar surface area (TPSA) is 79.3 Å². The lowest BCUT2D eigenvalue weighted by Gasteiger charge is -2.23. The molecule has 1 unspecified atom stereocenters. The zero-order valence-electron chi connectivity index (χ0n) is 11.5. The molecule has 0 spiro atoms. The number of amides is 1. The quantitative estimate of drug-likeness (QED) is 0.806. The van der Waals surface area contributed by atoms with Crippen molar-refractivity contribution >= 4 is 23.2 Å². The molecular weight excluding hydrogens is 264 g/mol. The average molecular weight is 284 g/mol. The highest BCUT2D eigenvalue weighted by Gasteiger charge is 2.26. The van der Waals surface area contributed by atoms with E-state index in [0.717, 1.165) is 11.4 Å². The third-order valence-corrected chi connectivity index (χ3v) is 3.65. The van der Waals surface area contributed by atoms with Crippen molar-refractivity contribution in [2.45, 2.75) is 46.1 Å². The Kier molecular flexibility index (Phi) is 5.47. The standard InChI is InChI=1S/C13H20N2O3S/c1-4-9(12-14-5-6-19-12)15-10(16)7-13(2,3)8-11(17)18/h5-6,9H,4,7-8H2,1-3H3,(H,15,16)(H,17,18). The fourth-order valence-electron chi connectivity index (χ4n) is 1.90. The number of carboxylic acids is 1. The Morgan fingerprint density at radius 3 is 2.63 bits per heavy atom. The van der Waals surface area contributed by atoms with Gasteiger partial charge in [0.2, 0.25) is 5.91 Å². The van der Waals surface area contributed by atoms with Crippen molar-refractivity contribution in [3.63, 3.8) is 0 Å². The summed E-state index contributed by atoms with van der Waals surface area (Å²) in [6.45, 7) is 5.55. The van der Waals surface area contributed by atoms with Gasteiger partial charge in [0.15, 0.2) is 0 Å². The molecule has 2 N–H and O–H groups in total. The van der Waals surface area contributed by atoms with Crippen LogP contribution in [-0.2, 0) is 9.59 Å². The molecule has 0 aliphatic heterocycles. The van der Waals surface area contributed by atoms with E-state index in [2.05, 4.69) is 10.3 Å². The molecule has 1 heterocycles. The maximum absolute atomic E-state index is 12.0. The van der Waals surface area contributed by atoms with Crippen LogP contribution in [0.15, 0.2) is 11.6 Å². The Balaban J connectivity index is 2.57. The van der Waals surface area contributed by atoms with Crippen molar-refractivity contribution in [2.24, 2.45) is 5.41 Å². The highest BCUT2D eigenvalue weighted by Crippen LogP contribution is 2.26. The fourth-order valence-corrected chi connectivity index (χ4v) is 2.67. The van der Waals surface area contributed by atoms with E-state index in [0.29, 0.717) is 0 Å². The minimum atomic E-state index is -0.884. The van der Waals surface area contributed by atoms with Crippen molar-refractivity contribution in [3.8, 4) is 0 Å². The maximum Gasteiger partial charge on any atom is 0.303 e. The van der Waals surface area contributed by atoms with Gasteiger partial charge in [-0.25, -0.2) is 4.98 Å². The minimum absolute atomic E-state index is 0.0194.